The second-order valence-electron chi connectivity index (χ2n) is 4.22. The van der Waals surface area contributed by atoms with Crippen LogP contribution in [0.15, 0.2) is 42.9 Å². The van der Waals surface area contributed by atoms with Gasteiger partial charge in [-0.3, -0.25) is 21.2 Å². The van der Waals surface area contributed by atoms with E-state index in [-0.39, 0.29) is 6.04 Å². The molecule has 1 atom stereocenters. The van der Waals surface area contributed by atoms with Gasteiger partial charge >= 0.3 is 0 Å². The summed E-state index contributed by atoms with van der Waals surface area (Å²) in [7, 11) is 0. The Balaban J connectivity index is 2.10. The number of pyridine rings is 2. The van der Waals surface area contributed by atoms with Crippen molar-refractivity contribution in [2.45, 2.75) is 25.8 Å². The van der Waals surface area contributed by atoms with Gasteiger partial charge in [-0.05, 0) is 29.7 Å². The lowest BCUT2D eigenvalue weighted by Gasteiger charge is -2.15. The lowest BCUT2D eigenvalue weighted by atomic mass is 10.0. The zero-order valence-corrected chi connectivity index (χ0v) is 10.5. The molecular formula is C14H18N4. The van der Waals surface area contributed by atoms with Crippen LogP contribution in [0.25, 0.3) is 0 Å². The second kappa shape index (κ2) is 6.23. The van der Waals surface area contributed by atoms with E-state index in [1.807, 2.05) is 24.5 Å². The van der Waals surface area contributed by atoms with Crippen molar-refractivity contribution < 1.29 is 0 Å². The van der Waals surface area contributed by atoms with E-state index in [1.54, 1.807) is 6.20 Å². The summed E-state index contributed by atoms with van der Waals surface area (Å²) in [6.07, 6.45) is 7.27. The molecule has 4 heteroatoms. The van der Waals surface area contributed by atoms with Gasteiger partial charge in [0.05, 0.1) is 6.04 Å². The highest BCUT2D eigenvalue weighted by atomic mass is 15.2. The minimum absolute atomic E-state index is 0.0404. The summed E-state index contributed by atoms with van der Waals surface area (Å²) >= 11 is 0. The molecule has 0 saturated carbocycles. The Morgan fingerprint density at radius 3 is 2.72 bits per heavy atom. The predicted molar refractivity (Wildman–Crippen MR) is 71.6 cm³/mol. The van der Waals surface area contributed by atoms with Crippen molar-refractivity contribution in [3.63, 3.8) is 0 Å². The molecule has 2 rings (SSSR count). The molecular weight excluding hydrogens is 224 g/mol. The summed E-state index contributed by atoms with van der Waals surface area (Å²) in [5.41, 5.74) is 6.16. The van der Waals surface area contributed by atoms with E-state index in [2.05, 4.69) is 34.5 Å². The fraction of sp³-hybridized carbons (Fsp3) is 0.286. The summed E-state index contributed by atoms with van der Waals surface area (Å²) in [6.45, 7) is 2.12. The molecule has 2 aromatic heterocycles. The molecule has 0 saturated heterocycles. The van der Waals surface area contributed by atoms with Crippen LogP contribution in [0.1, 0.15) is 29.8 Å². The van der Waals surface area contributed by atoms with Crippen LogP contribution >= 0.6 is 0 Å². The maximum atomic E-state index is 5.60. The summed E-state index contributed by atoms with van der Waals surface area (Å²) < 4.78 is 0. The van der Waals surface area contributed by atoms with Crippen LogP contribution in [-0.2, 0) is 12.8 Å². The van der Waals surface area contributed by atoms with Crippen molar-refractivity contribution in [3.8, 4) is 0 Å². The molecule has 1 unspecified atom stereocenters. The fourth-order valence-corrected chi connectivity index (χ4v) is 1.85. The van der Waals surface area contributed by atoms with Crippen LogP contribution in [0.2, 0.25) is 0 Å². The van der Waals surface area contributed by atoms with Gasteiger partial charge < -0.3 is 0 Å². The smallest absolute Gasteiger partial charge is 0.0530 e. The zero-order valence-electron chi connectivity index (χ0n) is 10.5. The van der Waals surface area contributed by atoms with E-state index in [1.165, 1.54) is 5.56 Å². The van der Waals surface area contributed by atoms with Crippen LogP contribution in [0.5, 0.6) is 0 Å². The number of nitrogens with one attached hydrogen (secondary N) is 1. The zero-order chi connectivity index (χ0) is 12.8. The number of rotatable bonds is 5. The molecule has 2 heterocycles. The number of aryl methyl sites for hydroxylation is 1. The average Bonchev–Trinajstić information content (AvgIpc) is 2.46. The molecule has 0 aliphatic carbocycles. The largest absolute Gasteiger partial charge is 0.271 e. The Labute approximate surface area is 107 Å². The van der Waals surface area contributed by atoms with Crippen LogP contribution in [-0.4, -0.2) is 9.97 Å². The Morgan fingerprint density at radius 1 is 1.28 bits per heavy atom. The summed E-state index contributed by atoms with van der Waals surface area (Å²) in [6, 6.07) is 8.13. The molecule has 4 nitrogen and oxygen atoms in total. The lowest BCUT2D eigenvalue weighted by molar-refractivity contribution is 0.544. The highest BCUT2D eigenvalue weighted by Crippen LogP contribution is 2.15. The molecule has 0 spiro atoms. The van der Waals surface area contributed by atoms with E-state index in [0.717, 1.165) is 24.1 Å². The van der Waals surface area contributed by atoms with Crippen molar-refractivity contribution in [2.24, 2.45) is 5.84 Å². The molecule has 3 N–H and O–H groups in total. The van der Waals surface area contributed by atoms with E-state index in [4.69, 9.17) is 5.84 Å². The monoisotopic (exact) mass is 242 g/mol. The maximum absolute atomic E-state index is 5.60. The number of nitrogens with two attached hydrogens (primary N) is 1. The standard InChI is InChI=1S/C14H18N4/c1-2-11-5-6-13(17-9-11)8-14(18-15)12-4-3-7-16-10-12/h3-7,9-10,14,18H,2,8,15H2,1H3. The molecule has 0 radical (unpaired) electrons. The van der Waals surface area contributed by atoms with Gasteiger partial charge in [0.25, 0.3) is 0 Å². The van der Waals surface area contributed by atoms with Crippen molar-refractivity contribution in [3.05, 3.63) is 59.7 Å². The first-order chi connectivity index (χ1) is 8.83. The van der Waals surface area contributed by atoms with Crippen LogP contribution < -0.4 is 11.3 Å². The first-order valence-corrected chi connectivity index (χ1v) is 6.13. The van der Waals surface area contributed by atoms with E-state index in [9.17, 15) is 0 Å². The van der Waals surface area contributed by atoms with Crippen LogP contribution in [0.3, 0.4) is 0 Å². The predicted octanol–water partition coefficient (Wildman–Crippen LogP) is 1.79. The molecule has 0 fully saturated rings. The van der Waals surface area contributed by atoms with Crippen molar-refractivity contribution in [1.29, 1.82) is 0 Å². The molecule has 94 valence electrons. The van der Waals surface area contributed by atoms with E-state index >= 15 is 0 Å². The first kappa shape index (κ1) is 12.7. The number of hydrazine groups is 1. The second-order valence-corrected chi connectivity index (χ2v) is 4.22. The van der Waals surface area contributed by atoms with Crippen molar-refractivity contribution >= 4 is 0 Å². The molecule has 18 heavy (non-hydrogen) atoms. The van der Waals surface area contributed by atoms with Gasteiger partial charge in [-0.15, -0.1) is 0 Å². The molecule has 0 aliphatic rings. The maximum Gasteiger partial charge on any atom is 0.0530 e. The van der Waals surface area contributed by atoms with Crippen molar-refractivity contribution in [2.75, 3.05) is 0 Å². The Kier molecular flexibility index (Phi) is 4.39. The van der Waals surface area contributed by atoms with Gasteiger partial charge in [0.15, 0.2) is 0 Å². The van der Waals surface area contributed by atoms with Gasteiger partial charge in [-0.2, -0.15) is 0 Å². The molecule has 0 aliphatic heterocycles. The van der Waals surface area contributed by atoms with Gasteiger partial charge in [0, 0.05) is 30.7 Å². The van der Waals surface area contributed by atoms with Gasteiger partial charge in [0.2, 0.25) is 0 Å². The minimum Gasteiger partial charge on any atom is -0.271 e. The SMILES string of the molecule is CCc1ccc(CC(NN)c2cccnc2)nc1. The summed E-state index contributed by atoms with van der Waals surface area (Å²) in [5, 5.41) is 0. The highest BCUT2D eigenvalue weighted by molar-refractivity contribution is 5.19. The van der Waals surface area contributed by atoms with Crippen LogP contribution in [0, 0.1) is 0 Å². The first-order valence-electron chi connectivity index (χ1n) is 6.13. The normalized spacial score (nSPS) is 12.3. The van der Waals surface area contributed by atoms with Gasteiger partial charge in [-0.1, -0.05) is 19.1 Å². The summed E-state index contributed by atoms with van der Waals surface area (Å²) in [5.74, 6) is 5.60. The molecule has 0 bridgehead atoms. The van der Waals surface area contributed by atoms with Gasteiger partial charge in [-0.25, -0.2) is 0 Å². The Morgan fingerprint density at radius 2 is 2.17 bits per heavy atom. The number of hydrogen-bond acceptors (Lipinski definition) is 4. The Hall–Kier alpha value is -1.78. The third-order valence-corrected chi connectivity index (χ3v) is 3.00. The minimum atomic E-state index is 0.0404. The van der Waals surface area contributed by atoms with Crippen LogP contribution in [0.4, 0.5) is 0 Å². The summed E-state index contributed by atoms with van der Waals surface area (Å²) in [4.78, 5) is 8.55. The van der Waals surface area contributed by atoms with Gasteiger partial charge in [0.1, 0.15) is 0 Å². The lowest BCUT2D eigenvalue weighted by Crippen LogP contribution is -2.29. The molecule has 2 aromatic rings. The topological polar surface area (TPSA) is 63.8 Å². The number of nitrogens with zero attached hydrogens (tertiary/aromatic N) is 2. The number of aromatic nitrogens is 2. The molecule has 0 amide bonds. The fourth-order valence-electron chi connectivity index (χ4n) is 1.85. The van der Waals surface area contributed by atoms with Crippen molar-refractivity contribution in [1.82, 2.24) is 15.4 Å². The van der Waals surface area contributed by atoms with E-state index < -0.39 is 0 Å². The Bertz CT molecular complexity index is 467. The average molecular weight is 242 g/mol. The third-order valence-electron chi connectivity index (χ3n) is 3.00. The molecule has 0 aromatic carbocycles. The quantitative estimate of drug-likeness (QED) is 0.619. The third kappa shape index (κ3) is 3.12. The van der Waals surface area contributed by atoms with E-state index in [0.29, 0.717) is 0 Å². The number of hydrogen-bond donors (Lipinski definition) is 2. The highest BCUT2D eigenvalue weighted by Gasteiger charge is 2.11.